The van der Waals surface area contributed by atoms with Crippen LogP contribution in [0.2, 0.25) is 0 Å². The van der Waals surface area contributed by atoms with Crippen molar-refractivity contribution in [2.75, 3.05) is 13.2 Å². The quantitative estimate of drug-likeness (QED) is 0.854. The lowest BCUT2D eigenvalue weighted by molar-refractivity contribution is -0.0809. The Hall–Kier alpha value is -2.18. The van der Waals surface area contributed by atoms with Gasteiger partial charge in [0.1, 0.15) is 17.9 Å². The maximum atomic E-state index is 13.0. The second kappa shape index (κ2) is 6.98. The molecular formula is C19H23N3O3. The molecule has 0 aromatic carbocycles. The maximum Gasteiger partial charge on any atom is 0.270 e. The number of aromatic nitrogens is 2. The van der Waals surface area contributed by atoms with Crippen molar-refractivity contribution in [1.82, 2.24) is 14.5 Å². The number of carbonyl (C=O) groups is 1. The van der Waals surface area contributed by atoms with Crippen LogP contribution in [0, 0.1) is 0 Å². The summed E-state index contributed by atoms with van der Waals surface area (Å²) in [7, 11) is 1.90. The Balaban J connectivity index is 1.49. The van der Waals surface area contributed by atoms with E-state index in [4.69, 9.17) is 9.47 Å². The number of pyridine rings is 1. The minimum atomic E-state index is -0.0947. The number of rotatable bonds is 4. The third-order valence-electron chi connectivity index (χ3n) is 5.11. The van der Waals surface area contributed by atoms with E-state index < -0.39 is 0 Å². The van der Waals surface area contributed by atoms with E-state index in [1.807, 2.05) is 47.0 Å². The van der Waals surface area contributed by atoms with Crippen molar-refractivity contribution in [2.45, 2.75) is 37.7 Å². The first-order chi connectivity index (χ1) is 12.2. The lowest BCUT2D eigenvalue weighted by Gasteiger charge is -2.32. The number of hydrogen-bond donors (Lipinski definition) is 0. The number of carbonyl (C=O) groups excluding carboxylic acids is 1. The molecule has 6 nitrogen and oxygen atoms in total. The van der Waals surface area contributed by atoms with E-state index in [1.165, 1.54) is 0 Å². The zero-order valence-electron chi connectivity index (χ0n) is 14.4. The number of nitrogens with zero attached hydrogens (tertiary/aromatic N) is 3. The predicted molar refractivity (Wildman–Crippen MR) is 92.0 cm³/mol. The fraction of sp³-hybridized carbons (Fsp3) is 0.474. The third-order valence-corrected chi connectivity index (χ3v) is 5.11. The summed E-state index contributed by atoms with van der Waals surface area (Å²) in [6.07, 6.45) is 7.24. The summed E-state index contributed by atoms with van der Waals surface area (Å²) < 4.78 is 14.0. The van der Waals surface area contributed by atoms with Gasteiger partial charge in [0.05, 0.1) is 19.2 Å². The molecular weight excluding hydrogens is 318 g/mol. The molecule has 2 aliphatic heterocycles. The summed E-state index contributed by atoms with van der Waals surface area (Å²) >= 11 is 0. The number of likely N-dealkylation sites (tertiary alicyclic amines) is 1. The number of amides is 1. The van der Waals surface area contributed by atoms with Gasteiger partial charge in [0.2, 0.25) is 0 Å². The van der Waals surface area contributed by atoms with E-state index in [2.05, 4.69) is 4.98 Å². The van der Waals surface area contributed by atoms with E-state index in [-0.39, 0.29) is 24.2 Å². The molecule has 0 N–H and O–H groups in total. The third kappa shape index (κ3) is 3.19. The molecule has 25 heavy (non-hydrogen) atoms. The van der Waals surface area contributed by atoms with E-state index >= 15 is 0 Å². The van der Waals surface area contributed by atoms with Crippen LogP contribution in [0.1, 0.15) is 28.9 Å². The number of hydrogen-bond acceptors (Lipinski definition) is 4. The van der Waals surface area contributed by atoms with Gasteiger partial charge in [-0.3, -0.25) is 9.78 Å². The van der Waals surface area contributed by atoms with Crippen molar-refractivity contribution >= 4 is 5.91 Å². The first-order valence-corrected chi connectivity index (χ1v) is 8.78. The lowest BCUT2D eigenvalue weighted by Crippen LogP contribution is -2.44. The fourth-order valence-electron chi connectivity index (χ4n) is 3.80. The lowest BCUT2D eigenvalue weighted by atomic mass is 10.0. The summed E-state index contributed by atoms with van der Waals surface area (Å²) in [6, 6.07) is 7.75. The van der Waals surface area contributed by atoms with Crippen molar-refractivity contribution in [3.63, 3.8) is 0 Å². The molecule has 6 heteroatoms. The predicted octanol–water partition coefficient (Wildman–Crippen LogP) is 2.01. The highest BCUT2D eigenvalue weighted by molar-refractivity contribution is 5.93. The topological polar surface area (TPSA) is 56.6 Å². The van der Waals surface area contributed by atoms with Crippen LogP contribution < -0.4 is 0 Å². The summed E-state index contributed by atoms with van der Waals surface area (Å²) in [5.74, 6) is 0.0583. The average Bonchev–Trinajstić information content (AvgIpc) is 3.24. The molecule has 4 rings (SSSR count). The monoisotopic (exact) mass is 341 g/mol. The second-order valence-corrected chi connectivity index (χ2v) is 6.71. The summed E-state index contributed by atoms with van der Waals surface area (Å²) in [6.45, 7) is 1.82. The van der Waals surface area contributed by atoms with Gasteiger partial charge in [-0.15, -0.1) is 0 Å². The standard InChI is InChI=1S/C19H23N3O3/c1-21-10-2-4-16(21)19(23)22-12-17(18-15(22)5-3-11-24-18)25-13-14-6-8-20-9-7-14/h2,4,6-10,15,17-18H,3,5,11-13H2,1H3/t15-,17+,18+/m0/s1. The highest BCUT2D eigenvalue weighted by atomic mass is 16.5. The Morgan fingerprint density at radius 2 is 2.20 bits per heavy atom. The van der Waals surface area contributed by atoms with Gasteiger partial charge in [0.25, 0.3) is 5.91 Å². The van der Waals surface area contributed by atoms with Crippen molar-refractivity contribution in [1.29, 1.82) is 0 Å². The minimum Gasteiger partial charge on any atom is -0.373 e. The van der Waals surface area contributed by atoms with Gasteiger partial charge in [0, 0.05) is 32.2 Å². The van der Waals surface area contributed by atoms with Crippen LogP contribution in [-0.4, -0.2) is 51.8 Å². The molecule has 2 aromatic heterocycles. The van der Waals surface area contributed by atoms with Crippen LogP contribution in [-0.2, 0) is 23.1 Å². The molecule has 0 saturated carbocycles. The number of aryl methyl sites for hydroxylation is 1. The molecule has 0 aliphatic carbocycles. The number of ether oxygens (including phenoxy) is 2. The zero-order valence-corrected chi connectivity index (χ0v) is 14.4. The molecule has 4 heterocycles. The first kappa shape index (κ1) is 16.3. The molecule has 2 aliphatic rings. The molecule has 2 aromatic rings. The van der Waals surface area contributed by atoms with E-state index in [9.17, 15) is 4.79 Å². The van der Waals surface area contributed by atoms with Gasteiger partial charge < -0.3 is 18.9 Å². The molecule has 2 saturated heterocycles. The van der Waals surface area contributed by atoms with Gasteiger partial charge in [-0.1, -0.05) is 0 Å². The highest BCUT2D eigenvalue weighted by Gasteiger charge is 2.47. The zero-order chi connectivity index (χ0) is 17.2. The highest BCUT2D eigenvalue weighted by Crippen LogP contribution is 2.32. The van der Waals surface area contributed by atoms with Crippen LogP contribution >= 0.6 is 0 Å². The van der Waals surface area contributed by atoms with Crippen molar-refractivity contribution < 1.29 is 14.3 Å². The SMILES string of the molecule is Cn1cccc1C(=O)N1C[C@@H](OCc2ccncc2)[C@@H]2OCCC[C@@H]21. The molecule has 0 unspecified atom stereocenters. The van der Waals surface area contributed by atoms with Crippen LogP contribution in [0.25, 0.3) is 0 Å². The van der Waals surface area contributed by atoms with Gasteiger partial charge in [0.15, 0.2) is 0 Å². The molecule has 3 atom stereocenters. The molecule has 2 fully saturated rings. The smallest absolute Gasteiger partial charge is 0.270 e. The summed E-state index contributed by atoms with van der Waals surface area (Å²) in [4.78, 5) is 19.0. The van der Waals surface area contributed by atoms with Crippen molar-refractivity contribution in [2.24, 2.45) is 7.05 Å². The van der Waals surface area contributed by atoms with E-state index in [0.717, 1.165) is 25.0 Å². The molecule has 0 bridgehead atoms. The molecule has 0 spiro atoms. The Kier molecular flexibility index (Phi) is 4.55. The van der Waals surface area contributed by atoms with Gasteiger partial charge in [-0.05, 0) is 42.7 Å². The number of fused-ring (bicyclic) bond motifs is 1. The second-order valence-electron chi connectivity index (χ2n) is 6.71. The summed E-state index contributed by atoms with van der Waals surface area (Å²) in [5.41, 5.74) is 1.79. The maximum absolute atomic E-state index is 13.0. The van der Waals surface area contributed by atoms with E-state index in [1.54, 1.807) is 12.4 Å². The van der Waals surface area contributed by atoms with Crippen LogP contribution in [0.4, 0.5) is 0 Å². The fourth-order valence-corrected chi connectivity index (χ4v) is 3.80. The average molecular weight is 341 g/mol. The Morgan fingerprint density at radius 3 is 2.96 bits per heavy atom. The largest absolute Gasteiger partial charge is 0.373 e. The molecule has 132 valence electrons. The Bertz CT molecular complexity index is 731. The molecule has 0 radical (unpaired) electrons. The van der Waals surface area contributed by atoms with Crippen molar-refractivity contribution in [3.05, 3.63) is 54.1 Å². The first-order valence-electron chi connectivity index (χ1n) is 8.78. The molecule has 1 amide bonds. The van der Waals surface area contributed by atoms with E-state index in [0.29, 0.717) is 18.8 Å². The summed E-state index contributed by atoms with van der Waals surface area (Å²) in [5, 5.41) is 0. The van der Waals surface area contributed by atoms with Gasteiger partial charge in [-0.2, -0.15) is 0 Å². The van der Waals surface area contributed by atoms with Crippen LogP contribution in [0.15, 0.2) is 42.9 Å². The van der Waals surface area contributed by atoms with Gasteiger partial charge in [-0.25, -0.2) is 0 Å². The van der Waals surface area contributed by atoms with Gasteiger partial charge >= 0.3 is 0 Å². The van der Waals surface area contributed by atoms with Crippen LogP contribution in [0.5, 0.6) is 0 Å². The normalized spacial score (nSPS) is 25.8. The van der Waals surface area contributed by atoms with Crippen molar-refractivity contribution in [3.8, 4) is 0 Å². The Morgan fingerprint density at radius 1 is 1.36 bits per heavy atom. The Labute approximate surface area is 147 Å². The van der Waals surface area contributed by atoms with Crippen LogP contribution in [0.3, 0.4) is 0 Å². The minimum absolute atomic E-state index is 0.0418.